The molecule has 0 aromatic rings. The summed E-state index contributed by atoms with van der Waals surface area (Å²) in [6, 6.07) is 0. The lowest BCUT2D eigenvalue weighted by Gasteiger charge is -2.36. The third kappa shape index (κ3) is 1.43. The summed E-state index contributed by atoms with van der Waals surface area (Å²) in [5.74, 6) is 3.72. The molecule has 0 radical (unpaired) electrons. The maximum Gasteiger partial charge on any atom is -0.00173 e. The van der Waals surface area contributed by atoms with Crippen LogP contribution in [0.25, 0.3) is 0 Å². The van der Waals surface area contributed by atoms with Gasteiger partial charge in [0.05, 0.1) is 0 Å². The third-order valence-corrected chi connectivity index (χ3v) is 4.32. The molecule has 1 nitrogen and oxygen atoms in total. The van der Waals surface area contributed by atoms with Crippen molar-refractivity contribution in [1.29, 1.82) is 0 Å². The molecule has 1 aliphatic carbocycles. The Bertz CT molecular complexity index is 136. The van der Waals surface area contributed by atoms with Crippen molar-refractivity contribution in [3.8, 4) is 0 Å². The number of hydrogen-bond donors (Lipinski definition) is 1. The van der Waals surface area contributed by atoms with E-state index in [2.05, 4.69) is 11.8 Å². The van der Waals surface area contributed by atoms with Crippen LogP contribution in [0.1, 0.15) is 25.7 Å². The van der Waals surface area contributed by atoms with Crippen LogP contribution in [-0.2, 0) is 0 Å². The number of rotatable bonds is 2. The Balaban J connectivity index is 2.01. The molecule has 2 heteroatoms. The van der Waals surface area contributed by atoms with Gasteiger partial charge in [-0.25, -0.2) is 0 Å². The molecule has 0 bridgehead atoms. The first-order valence-corrected chi connectivity index (χ1v) is 5.81. The zero-order chi connectivity index (χ0) is 7.73. The maximum absolute atomic E-state index is 5.87. The second-order valence-corrected chi connectivity index (χ2v) is 5.18. The van der Waals surface area contributed by atoms with Gasteiger partial charge in [0.1, 0.15) is 0 Å². The highest BCUT2D eigenvalue weighted by Crippen LogP contribution is 2.51. The number of thioether (sulfide) groups is 1. The summed E-state index contributed by atoms with van der Waals surface area (Å²) in [6.07, 6.45) is 5.70. The summed E-state index contributed by atoms with van der Waals surface area (Å²) in [5, 5.41) is 0. The van der Waals surface area contributed by atoms with E-state index in [9.17, 15) is 0 Å². The van der Waals surface area contributed by atoms with Gasteiger partial charge in [-0.2, -0.15) is 11.8 Å². The second kappa shape index (κ2) is 2.98. The van der Waals surface area contributed by atoms with Gasteiger partial charge in [-0.3, -0.25) is 0 Å². The Morgan fingerprint density at radius 1 is 1.27 bits per heavy atom. The second-order valence-electron chi connectivity index (χ2n) is 3.95. The minimum Gasteiger partial charge on any atom is -0.330 e. The largest absolute Gasteiger partial charge is 0.330 e. The van der Waals surface area contributed by atoms with Crippen molar-refractivity contribution in [2.75, 3.05) is 18.1 Å². The molecule has 64 valence electrons. The molecule has 1 saturated heterocycles. The Hall–Kier alpha value is 0.310. The molecule has 1 aliphatic heterocycles. The van der Waals surface area contributed by atoms with E-state index in [1.54, 1.807) is 0 Å². The summed E-state index contributed by atoms with van der Waals surface area (Å²) in [7, 11) is 0. The standard InChI is InChI=1S/C9H17NS/c10-7-9(8-1-2-8)3-5-11-6-4-9/h8H,1-7,10H2. The molecule has 1 saturated carbocycles. The minimum absolute atomic E-state index is 0.589. The van der Waals surface area contributed by atoms with Crippen molar-refractivity contribution >= 4 is 11.8 Å². The van der Waals surface area contributed by atoms with Crippen LogP contribution in [0.3, 0.4) is 0 Å². The Kier molecular flexibility index (Phi) is 2.15. The van der Waals surface area contributed by atoms with Gasteiger partial charge in [0.25, 0.3) is 0 Å². The van der Waals surface area contributed by atoms with Crippen LogP contribution >= 0.6 is 11.8 Å². The molecule has 11 heavy (non-hydrogen) atoms. The Morgan fingerprint density at radius 2 is 1.91 bits per heavy atom. The lowest BCUT2D eigenvalue weighted by Crippen LogP contribution is -2.36. The van der Waals surface area contributed by atoms with Crippen LogP contribution in [0.4, 0.5) is 0 Å². The average molecular weight is 171 g/mol. The SMILES string of the molecule is NCC1(C2CC2)CCSCC1. The van der Waals surface area contributed by atoms with Crippen molar-refractivity contribution in [2.24, 2.45) is 17.1 Å². The van der Waals surface area contributed by atoms with Gasteiger partial charge >= 0.3 is 0 Å². The summed E-state index contributed by atoms with van der Waals surface area (Å²) >= 11 is 2.10. The molecule has 2 N–H and O–H groups in total. The fraction of sp³-hybridized carbons (Fsp3) is 1.00. The van der Waals surface area contributed by atoms with Gasteiger partial charge in [0.15, 0.2) is 0 Å². The van der Waals surface area contributed by atoms with Gasteiger partial charge in [-0.1, -0.05) is 0 Å². The summed E-state index contributed by atoms with van der Waals surface area (Å²) in [4.78, 5) is 0. The molecule has 0 spiro atoms. The van der Waals surface area contributed by atoms with Crippen molar-refractivity contribution < 1.29 is 0 Å². The minimum atomic E-state index is 0.589. The van der Waals surface area contributed by atoms with Crippen LogP contribution < -0.4 is 5.73 Å². The van der Waals surface area contributed by atoms with Gasteiger partial charge < -0.3 is 5.73 Å². The normalized spacial score (nSPS) is 30.3. The zero-order valence-electron chi connectivity index (χ0n) is 7.01. The molecule has 2 fully saturated rings. The Labute approximate surface area is 73.1 Å². The van der Waals surface area contributed by atoms with Gasteiger partial charge in [0, 0.05) is 0 Å². The predicted molar refractivity (Wildman–Crippen MR) is 50.8 cm³/mol. The fourth-order valence-corrected chi connectivity index (χ4v) is 3.56. The molecule has 0 atom stereocenters. The predicted octanol–water partition coefficient (Wildman–Crippen LogP) is 1.87. The smallest absolute Gasteiger partial charge is 0.00173 e. The van der Waals surface area contributed by atoms with Crippen LogP contribution in [0, 0.1) is 11.3 Å². The number of nitrogens with two attached hydrogens (primary N) is 1. The van der Waals surface area contributed by atoms with E-state index in [4.69, 9.17) is 5.73 Å². The van der Waals surface area contributed by atoms with E-state index >= 15 is 0 Å². The highest BCUT2D eigenvalue weighted by molar-refractivity contribution is 7.99. The molecule has 1 heterocycles. The van der Waals surface area contributed by atoms with Gasteiger partial charge in [-0.05, 0) is 55.1 Å². The first kappa shape index (κ1) is 7.93. The van der Waals surface area contributed by atoms with Crippen LogP contribution in [0.15, 0.2) is 0 Å². The highest BCUT2D eigenvalue weighted by atomic mass is 32.2. The van der Waals surface area contributed by atoms with Crippen molar-refractivity contribution in [3.05, 3.63) is 0 Å². The molecule has 0 amide bonds. The fourth-order valence-electron chi connectivity index (χ4n) is 2.25. The molecular formula is C9H17NS. The third-order valence-electron chi connectivity index (χ3n) is 3.34. The number of hydrogen-bond acceptors (Lipinski definition) is 2. The van der Waals surface area contributed by atoms with Crippen LogP contribution in [0.2, 0.25) is 0 Å². The average Bonchev–Trinajstić information content (AvgIpc) is 2.88. The molecule has 2 rings (SSSR count). The first-order valence-electron chi connectivity index (χ1n) is 4.65. The monoisotopic (exact) mass is 171 g/mol. The van der Waals surface area contributed by atoms with E-state index in [0.29, 0.717) is 5.41 Å². The lowest BCUT2D eigenvalue weighted by molar-refractivity contribution is 0.227. The van der Waals surface area contributed by atoms with Crippen LogP contribution in [-0.4, -0.2) is 18.1 Å². The lowest BCUT2D eigenvalue weighted by atomic mass is 9.77. The van der Waals surface area contributed by atoms with E-state index < -0.39 is 0 Å². The van der Waals surface area contributed by atoms with Gasteiger partial charge in [0.2, 0.25) is 0 Å². The quantitative estimate of drug-likeness (QED) is 0.686. The summed E-state index contributed by atoms with van der Waals surface area (Å²) < 4.78 is 0. The van der Waals surface area contributed by atoms with Crippen molar-refractivity contribution in [2.45, 2.75) is 25.7 Å². The van der Waals surface area contributed by atoms with E-state index in [1.165, 1.54) is 37.2 Å². The summed E-state index contributed by atoms with van der Waals surface area (Å²) in [6.45, 7) is 0.943. The van der Waals surface area contributed by atoms with E-state index in [1.807, 2.05) is 0 Å². The molecule has 2 aliphatic rings. The molecular weight excluding hydrogens is 154 g/mol. The Morgan fingerprint density at radius 3 is 2.36 bits per heavy atom. The van der Waals surface area contributed by atoms with Crippen molar-refractivity contribution in [3.63, 3.8) is 0 Å². The van der Waals surface area contributed by atoms with Crippen LogP contribution in [0.5, 0.6) is 0 Å². The maximum atomic E-state index is 5.87. The molecule has 0 unspecified atom stereocenters. The van der Waals surface area contributed by atoms with Crippen molar-refractivity contribution in [1.82, 2.24) is 0 Å². The zero-order valence-corrected chi connectivity index (χ0v) is 7.83. The molecule has 0 aromatic heterocycles. The molecule has 0 aromatic carbocycles. The summed E-state index contributed by atoms with van der Waals surface area (Å²) in [5.41, 5.74) is 6.46. The van der Waals surface area contributed by atoms with Gasteiger partial charge in [-0.15, -0.1) is 0 Å². The highest BCUT2D eigenvalue weighted by Gasteiger charge is 2.44. The topological polar surface area (TPSA) is 26.0 Å². The first-order chi connectivity index (χ1) is 5.37. The van der Waals surface area contributed by atoms with E-state index in [-0.39, 0.29) is 0 Å². The van der Waals surface area contributed by atoms with E-state index in [0.717, 1.165) is 12.5 Å².